The van der Waals surface area contributed by atoms with Crippen molar-refractivity contribution in [3.8, 4) is 0 Å². The van der Waals surface area contributed by atoms with Crippen molar-refractivity contribution >= 4 is 5.97 Å². The van der Waals surface area contributed by atoms with Gasteiger partial charge in [0.15, 0.2) is 0 Å². The van der Waals surface area contributed by atoms with E-state index in [4.69, 9.17) is 5.11 Å². The number of carboxylic acids is 1. The van der Waals surface area contributed by atoms with Crippen LogP contribution in [0.1, 0.15) is 57.4 Å². The Labute approximate surface area is 134 Å². The molecule has 122 valence electrons. The summed E-state index contributed by atoms with van der Waals surface area (Å²) in [6, 6.07) is 11.2. The van der Waals surface area contributed by atoms with Crippen molar-refractivity contribution in [2.24, 2.45) is 5.92 Å². The summed E-state index contributed by atoms with van der Waals surface area (Å²) in [5.41, 5.74) is 1.28. The number of aliphatic carboxylic acids is 1. The van der Waals surface area contributed by atoms with Gasteiger partial charge in [0.2, 0.25) is 0 Å². The third kappa shape index (κ3) is 5.45. The topological polar surface area (TPSA) is 49.3 Å². The molecule has 0 radical (unpaired) electrons. The SMILES string of the molecule is CCC(NC(CCC(=O)O)Cc1ccccc1)C1CCCC1. The fourth-order valence-corrected chi connectivity index (χ4v) is 3.69. The van der Waals surface area contributed by atoms with E-state index in [1.165, 1.54) is 31.2 Å². The molecule has 1 aliphatic rings. The van der Waals surface area contributed by atoms with Gasteiger partial charge in [-0.05, 0) is 43.6 Å². The molecule has 0 aromatic heterocycles. The number of nitrogens with one attached hydrogen (secondary N) is 1. The van der Waals surface area contributed by atoms with Crippen molar-refractivity contribution in [3.05, 3.63) is 35.9 Å². The summed E-state index contributed by atoms with van der Waals surface area (Å²) >= 11 is 0. The van der Waals surface area contributed by atoms with Gasteiger partial charge in [0.05, 0.1) is 0 Å². The number of carboxylic acid groups (broad SMARTS) is 1. The van der Waals surface area contributed by atoms with Gasteiger partial charge >= 0.3 is 5.97 Å². The lowest BCUT2D eigenvalue weighted by Gasteiger charge is -2.29. The van der Waals surface area contributed by atoms with E-state index in [-0.39, 0.29) is 12.5 Å². The lowest BCUT2D eigenvalue weighted by atomic mass is 9.93. The predicted octanol–water partition coefficient (Wildman–Crippen LogP) is 4.02. The second-order valence-electron chi connectivity index (χ2n) is 6.55. The zero-order valence-electron chi connectivity index (χ0n) is 13.6. The summed E-state index contributed by atoms with van der Waals surface area (Å²) in [7, 11) is 0. The quantitative estimate of drug-likeness (QED) is 0.724. The van der Waals surface area contributed by atoms with E-state index < -0.39 is 5.97 Å². The van der Waals surface area contributed by atoms with Crippen LogP contribution in [0.25, 0.3) is 0 Å². The third-order valence-corrected chi connectivity index (χ3v) is 4.89. The van der Waals surface area contributed by atoms with Gasteiger partial charge in [-0.2, -0.15) is 0 Å². The highest BCUT2D eigenvalue weighted by atomic mass is 16.4. The Morgan fingerprint density at radius 2 is 1.95 bits per heavy atom. The molecule has 1 aromatic carbocycles. The fourth-order valence-electron chi connectivity index (χ4n) is 3.69. The van der Waals surface area contributed by atoms with Crippen LogP contribution in [0, 0.1) is 5.92 Å². The Balaban J connectivity index is 1.97. The summed E-state index contributed by atoms with van der Waals surface area (Å²) < 4.78 is 0. The van der Waals surface area contributed by atoms with E-state index in [9.17, 15) is 4.79 Å². The Bertz CT molecular complexity index is 440. The molecule has 22 heavy (non-hydrogen) atoms. The average molecular weight is 303 g/mol. The Kier molecular flexibility index (Phi) is 6.91. The first-order valence-corrected chi connectivity index (χ1v) is 8.70. The fraction of sp³-hybridized carbons (Fsp3) is 0.632. The van der Waals surface area contributed by atoms with Gasteiger partial charge in [0.25, 0.3) is 0 Å². The van der Waals surface area contributed by atoms with Crippen molar-refractivity contribution < 1.29 is 9.90 Å². The van der Waals surface area contributed by atoms with E-state index in [1.807, 2.05) is 6.07 Å². The van der Waals surface area contributed by atoms with Crippen LogP contribution in [-0.4, -0.2) is 23.2 Å². The van der Waals surface area contributed by atoms with Gasteiger partial charge < -0.3 is 10.4 Å². The largest absolute Gasteiger partial charge is 0.481 e. The average Bonchev–Trinajstić information content (AvgIpc) is 3.05. The molecule has 1 aromatic rings. The van der Waals surface area contributed by atoms with Crippen LogP contribution in [0.5, 0.6) is 0 Å². The summed E-state index contributed by atoms with van der Waals surface area (Å²) in [6.45, 7) is 2.24. The van der Waals surface area contributed by atoms with Crippen molar-refractivity contribution in [3.63, 3.8) is 0 Å². The van der Waals surface area contributed by atoms with E-state index in [2.05, 4.69) is 36.5 Å². The number of hydrogen-bond donors (Lipinski definition) is 2. The molecule has 2 rings (SSSR count). The number of hydrogen-bond acceptors (Lipinski definition) is 2. The molecule has 0 aliphatic heterocycles. The Morgan fingerprint density at radius 3 is 2.55 bits per heavy atom. The van der Waals surface area contributed by atoms with Gasteiger partial charge in [-0.1, -0.05) is 50.1 Å². The minimum atomic E-state index is -0.700. The summed E-state index contributed by atoms with van der Waals surface area (Å²) in [6.07, 6.45) is 8.33. The van der Waals surface area contributed by atoms with E-state index in [0.717, 1.165) is 18.8 Å². The van der Waals surface area contributed by atoms with Crippen LogP contribution < -0.4 is 5.32 Å². The highest BCUT2D eigenvalue weighted by Crippen LogP contribution is 2.29. The maximum Gasteiger partial charge on any atom is 0.303 e. The number of rotatable bonds is 9. The van der Waals surface area contributed by atoms with Crippen molar-refractivity contribution in [1.29, 1.82) is 0 Å². The molecule has 1 saturated carbocycles. The molecule has 1 fully saturated rings. The molecule has 0 spiro atoms. The van der Waals surface area contributed by atoms with Crippen LogP contribution in [-0.2, 0) is 11.2 Å². The van der Waals surface area contributed by atoms with Crippen molar-refractivity contribution in [2.75, 3.05) is 0 Å². The molecule has 0 amide bonds. The summed E-state index contributed by atoms with van der Waals surface area (Å²) in [5.74, 6) is 0.0712. The summed E-state index contributed by atoms with van der Waals surface area (Å²) in [4.78, 5) is 10.9. The van der Waals surface area contributed by atoms with Crippen LogP contribution in [0.2, 0.25) is 0 Å². The highest BCUT2D eigenvalue weighted by Gasteiger charge is 2.25. The second-order valence-corrected chi connectivity index (χ2v) is 6.55. The first-order chi connectivity index (χ1) is 10.7. The molecule has 2 N–H and O–H groups in total. The number of carbonyl (C=O) groups is 1. The lowest BCUT2D eigenvalue weighted by Crippen LogP contribution is -2.43. The van der Waals surface area contributed by atoms with Crippen LogP contribution in [0.4, 0.5) is 0 Å². The van der Waals surface area contributed by atoms with Gasteiger partial charge in [-0.3, -0.25) is 4.79 Å². The minimum Gasteiger partial charge on any atom is -0.481 e. The third-order valence-electron chi connectivity index (χ3n) is 4.89. The van der Waals surface area contributed by atoms with Crippen LogP contribution in [0.3, 0.4) is 0 Å². The maximum absolute atomic E-state index is 10.9. The highest BCUT2D eigenvalue weighted by molar-refractivity contribution is 5.66. The molecule has 3 nitrogen and oxygen atoms in total. The van der Waals surface area contributed by atoms with Gasteiger partial charge in [-0.25, -0.2) is 0 Å². The predicted molar refractivity (Wildman–Crippen MR) is 90.0 cm³/mol. The Morgan fingerprint density at radius 1 is 1.27 bits per heavy atom. The normalized spacial score (nSPS) is 18.2. The molecular formula is C19H29NO2. The van der Waals surface area contributed by atoms with E-state index >= 15 is 0 Å². The second kappa shape index (κ2) is 8.94. The Hall–Kier alpha value is -1.35. The molecular weight excluding hydrogens is 274 g/mol. The smallest absolute Gasteiger partial charge is 0.303 e. The molecule has 2 atom stereocenters. The van der Waals surface area contributed by atoms with Crippen molar-refractivity contribution in [1.82, 2.24) is 5.32 Å². The molecule has 3 heteroatoms. The zero-order chi connectivity index (χ0) is 15.8. The minimum absolute atomic E-state index is 0.242. The van der Waals surface area contributed by atoms with Crippen LogP contribution in [0.15, 0.2) is 30.3 Å². The first-order valence-electron chi connectivity index (χ1n) is 8.70. The molecule has 1 aliphatic carbocycles. The maximum atomic E-state index is 10.9. The molecule has 0 heterocycles. The monoisotopic (exact) mass is 303 g/mol. The van der Waals surface area contributed by atoms with Gasteiger partial charge in [-0.15, -0.1) is 0 Å². The standard InChI is InChI=1S/C19H29NO2/c1-2-18(16-10-6-7-11-16)20-17(12-13-19(21)22)14-15-8-4-3-5-9-15/h3-5,8-9,16-18,20H,2,6-7,10-14H2,1H3,(H,21,22). The lowest BCUT2D eigenvalue weighted by molar-refractivity contribution is -0.137. The molecule has 2 unspecified atom stereocenters. The molecule has 0 bridgehead atoms. The van der Waals surface area contributed by atoms with Crippen molar-refractivity contribution in [2.45, 2.75) is 70.4 Å². The number of benzene rings is 1. The van der Waals surface area contributed by atoms with Gasteiger partial charge in [0.1, 0.15) is 0 Å². The molecule has 0 saturated heterocycles. The van der Waals surface area contributed by atoms with E-state index in [0.29, 0.717) is 12.5 Å². The van der Waals surface area contributed by atoms with E-state index in [1.54, 1.807) is 0 Å². The zero-order valence-corrected chi connectivity index (χ0v) is 13.6. The van der Waals surface area contributed by atoms with Crippen LogP contribution >= 0.6 is 0 Å². The first kappa shape index (κ1) is 17.0. The summed E-state index contributed by atoms with van der Waals surface area (Å²) in [5, 5.41) is 12.8. The van der Waals surface area contributed by atoms with Gasteiger partial charge in [0, 0.05) is 18.5 Å².